The van der Waals surface area contributed by atoms with Gasteiger partial charge in [-0.1, -0.05) is 30.3 Å². The summed E-state index contributed by atoms with van der Waals surface area (Å²) in [5, 5.41) is 3.06. The number of aliphatic imine (C=N–C) groups is 1. The SMILES string of the molecule is CN=C(N)NCc1ccc(-c2ccc3c(c2)CC(C)O3)cc1.I. The zero-order valence-electron chi connectivity index (χ0n) is 13.4. The van der Waals surface area contributed by atoms with Crippen molar-refractivity contribution in [3.05, 3.63) is 53.6 Å². The highest BCUT2D eigenvalue weighted by Gasteiger charge is 2.19. The third kappa shape index (κ3) is 4.16. The Kier molecular flexibility index (Phi) is 5.87. The van der Waals surface area contributed by atoms with Gasteiger partial charge < -0.3 is 15.8 Å². The Morgan fingerprint density at radius 2 is 1.91 bits per heavy atom. The first-order valence-electron chi connectivity index (χ1n) is 7.50. The van der Waals surface area contributed by atoms with E-state index in [1.54, 1.807) is 7.05 Å². The maximum atomic E-state index is 5.75. The fraction of sp³-hybridized carbons (Fsp3) is 0.278. The summed E-state index contributed by atoms with van der Waals surface area (Å²) in [4.78, 5) is 3.88. The van der Waals surface area contributed by atoms with E-state index in [1.807, 2.05) is 0 Å². The molecule has 0 aromatic heterocycles. The van der Waals surface area contributed by atoms with E-state index < -0.39 is 0 Å². The molecule has 3 rings (SSSR count). The molecule has 1 unspecified atom stereocenters. The van der Waals surface area contributed by atoms with Crippen LogP contribution in [0.15, 0.2) is 47.5 Å². The van der Waals surface area contributed by atoms with Crippen molar-refractivity contribution in [2.45, 2.75) is 26.0 Å². The van der Waals surface area contributed by atoms with E-state index in [-0.39, 0.29) is 30.1 Å². The van der Waals surface area contributed by atoms with Gasteiger partial charge in [0.25, 0.3) is 0 Å². The van der Waals surface area contributed by atoms with Gasteiger partial charge in [-0.15, -0.1) is 24.0 Å². The topological polar surface area (TPSA) is 59.6 Å². The van der Waals surface area contributed by atoms with E-state index in [0.29, 0.717) is 12.5 Å². The van der Waals surface area contributed by atoms with Gasteiger partial charge in [-0.25, -0.2) is 0 Å². The van der Waals surface area contributed by atoms with Gasteiger partial charge >= 0.3 is 0 Å². The summed E-state index contributed by atoms with van der Waals surface area (Å²) in [6.07, 6.45) is 1.27. The van der Waals surface area contributed by atoms with Gasteiger partial charge in [0.05, 0.1) is 0 Å². The largest absolute Gasteiger partial charge is 0.490 e. The van der Waals surface area contributed by atoms with E-state index in [2.05, 4.69) is 59.7 Å². The lowest BCUT2D eigenvalue weighted by Crippen LogP contribution is -2.30. The van der Waals surface area contributed by atoms with E-state index in [4.69, 9.17) is 10.5 Å². The van der Waals surface area contributed by atoms with Crippen LogP contribution in [0.4, 0.5) is 0 Å². The Morgan fingerprint density at radius 1 is 1.22 bits per heavy atom. The zero-order chi connectivity index (χ0) is 15.5. The fourth-order valence-corrected chi connectivity index (χ4v) is 2.69. The number of nitrogens with one attached hydrogen (secondary N) is 1. The van der Waals surface area contributed by atoms with Crippen molar-refractivity contribution >= 4 is 29.9 Å². The van der Waals surface area contributed by atoms with Crippen molar-refractivity contribution in [3.8, 4) is 16.9 Å². The van der Waals surface area contributed by atoms with Crippen LogP contribution in [0.2, 0.25) is 0 Å². The predicted molar refractivity (Wildman–Crippen MR) is 105 cm³/mol. The number of benzene rings is 2. The van der Waals surface area contributed by atoms with Gasteiger partial charge in [-0.05, 0) is 41.3 Å². The van der Waals surface area contributed by atoms with Crippen LogP contribution in [-0.2, 0) is 13.0 Å². The maximum absolute atomic E-state index is 5.75. The lowest BCUT2D eigenvalue weighted by molar-refractivity contribution is 0.254. The van der Waals surface area contributed by atoms with E-state index in [0.717, 1.165) is 12.2 Å². The minimum absolute atomic E-state index is 0. The molecule has 0 saturated carbocycles. The Hall–Kier alpha value is -1.76. The number of ether oxygens (including phenoxy) is 1. The van der Waals surface area contributed by atoms with Crippen molar-refractivity contribution < 1.29 is 4.74 Å². The Morgan fingerprint density at radius 3 is 2.61 bits per heavy atom. The number of nitrogens with zero attached hydrogens (tertiary/aromatic N) is 1. The van der Waals surface area contributed by atoms with Crippen LogP contribution in [-0.4, -0.2) is 19.1 Å². The van der Waals surface area contributed by atoms with Gasteiger partial charge in [-0.3, -0.25) is 4.99 Å². The molecular weight excluding hydrogens is 401 g/mol. The van der Waals surface area contributed by atoms with Crippen LogP contribution in [0, 0.1) is 0 Å². The Bertz CT molecular complexity index is 698. The summed E-state index contributed by atoms with van der Waals surface area (Å²) in [5.41, 5.74) is 10.5. The highest BCUT2D eigenvalue weighted by Crippen LogP contribution is 2.32. The minimum atomic E-state index is 0. The van der Waals surface area contributed by atoms with Crippen molar-refractivity contribution in [2.75, 3.05) is 7.05 Å². The van der Waals surface area contributed by atoms with Crippen LogP contribution in [0.25, 0.3) is 11.1 Å². The molecule has 23 heavy (non-hydrogen) atoms. The normalized spacial score (nSPS) is 16.3. The van der Waals surface area contributed by atoms with Crippen LogP contribution in [0.5, 0.6) is 5.75 Å². The number of rotatable bonds is 3. The first-order valence-corrected chi connectivity index (χ1v) is 7.50. The number of hydrogen-bond acceptors (Lipinski definition) is 2. The van der Waals surface area contributed by atoms with Crippen LogP contribution in [0.3, 0.4) is 0 Å². The third-order valence-corrected chi connectivity index (χ3v) is 3.90. The lowest BCUT2D eigenvalue weighted by Gasteiger charge is -2.08. The van der Waals surface area contributed by atoms with Crippen molar-refractivity contribution in [1.82, 2.24) is 5.32 Å². The highest BCUT2D eigenvalue weighted by molar-refractivity contribution is 14.0. The third-order valence-electron chi connectivity index (χ3n) is 3.90. The molecule has 0 saturated heterocycles. The summed E-state index contributed by atoms with van der Waals surface area (Å²) in [6.45, 7) is 2.78. The molecule has 5 heteroatoms. The standard InChI is InChI=1S/C18H21N3O.HI/c1-12-9-16-10-15(7-8-17(16)22-12)14-5-3-13(4-6-14)11-21-18(19)20-2;/h3-8,10,12H,9,11H2,1-2H3,(H3,19,20,21);1H. The van der Waals surface area contributed by atoms with E-state index in [9.17, 15) is 0 Å². The molecule has 0 radical (unpaired) electrons. The molecule has 3 N–H and O–H groups in total. The molecule has 4 nitrogen and oxygen atoms in total. The van der Waals surface area contributed by atoms with Crippen LogP contribution >= 0.6 is 24.0 Å². The number of guanidine groups is 1. The average Bonchev–Trinajstić information content (AvgIpc) is 2.92. The van der Waals surface area contributed by atoms with Gasteiger partial charge in [0.2, 0.25) is 0 Å². The molecule has 122 valence electrons. The molecule has 1 heterocycles. The smallest absolute Gasteiger partial charge is 0.188 e. The van der Waals surface area contributed by atoms with Crippen LogP contribution in [0.1, 0.15) is 18.1 Å². The number of fused-ring (bicyclic) bond motifs is 1. The lowest BCUT2D eigenvalue weighted by atomic mass is 10.00. The molecule has 2 aromatic rings. The Balaban J connectivity index is 0.00000192. The molecule has 0 bridgehead atoms. The minimum Gasteiger partial charge on any atom is -0.490 e. The second-order valence-electron chi connectivity index (χ2n) is 5.61. The average molecular weight is 423 g/mol. The number of nitrogens with two attached hydrogens (primary N) is 1. The van der Waals surface area contributed by atoms with Gasteiger partial charge in [0.1, 0.15) is 11.9 Å². The molecule has 0 fully saturated rings. The van der Waals surface area contributed by atoms with Crippen molar-refractivity contribution in [1.29, 1.82) is 0 Å². The van der Waals surface area contributed by atoms with E-state index in [1.165, 1.54) is 22.3 Å². The first kappa shape index (κ1) is 17.6. The second-order valence-corrected chi connectivity index (χ2v) is 5.61. The molecular formula is C18H22IN3O. The molecule has 1 aliphatic rings. The summed E-state index contributed by atoms with van der Waals surface area (Å²) in [5.74, 6) is 1.48. The summed E-state index contributed by atoms with van der Waals surface area (Å²) >= 11 is 0. The van der Waals surface area contributed by atoms with Gasteiger partial charge in [0, 0.05) is 20.0 Å². The first-order chi connectivity index (χ1) is 10.7. The maximum Gasteiger partial charge on any atom is 0.188 e. The van der Waals surface area contributed by atoms with Crippen molar-refractivity contribution in [3.63, 3.8) is 0 Å². The molecule has 0 aliphatic carbocycles. The van der Waals surface area contributed by atoms with Crippen LogP contribution < -0.4 is 15.8 Å². The van der Waals surface area contributed by atoms with Gasteiger partial charge in [0.15, 0.2) is 5.96 Å². The molecule has 1 atom stereocenters. The predicted octanol–water partition coefficient (Wildman–Crippen LogP) is 3.33. The van der Waals surface area contributed by atoms with Gasteiger partial charge in [-0.2, -0.15) is 0 Å². The highest BCUT2D eigenvalue weighted by atomic mass is 127. The summed E-state index contributed by atoms with van der Waals surface area (Å²) in [6, 6.07) is 14.9. The molecule has 1 aliphatic heterocycles. The monoisotopic (exact) mass is 423 g/mol. The number of halogens is 1. The molecule has 0 amide bonds. The zero-order valence-corrected chi connectivity index (χ0v) is 15.7. The Labute approximate surface area is 154 Å². The van der Waals surface area contributed by atoms with E-state index >= 15 is 0 Å². The number of hydrogen-bond donors (Lipinski definition) is 2. The fourth-order valence-electron chi connectivity index (χ4n) is 2.69. The molecule has 2 aromatic carbocycles. The van der Waals surface area contributed by atoms with Crippen molar-refractivity contribution in [2.24, 2.45) is 10.7 Å². The second kappa shape index (κ2) is 7.68. The summed E-state index contributed by atoms with van der Waals surface area (Å²) in [7, 11) is 1.67. The molecule has 0 spiro atoms. The quantitative estimate of drug-likeness (QED) is 0.453. The summed E-state index contributed by atoms with van der Waals surface area (Å²) < 4.78 is 5.75.